The van der Waals surface area contributed by atoms with Crippen LogP contribution in [0.25, 0.3) is 21.8 Å². The van der Waals surface area contributed by atoms with E-state index in [4.69, 9.17) is 16.4 Å². The monoisotopic (exact) mass is 588 g/mol. The van der Waals surface area contributed by atoms with E-state index in [2.05, 4.69) is 83.4 Å². The summed E-state index contributed by atoms with van der Waals surface area (Å²) in [6.07, 6.45) is 3.25. The Hall–Kier alpha value is -4.32. The van der Waals surface area contributed by atoms with Crippen LogP contribution in [0.3, 0.4) is 0 Å². The summed E-state index contributed by atoms with van der Waals surface area (Å²) in [6.45, 7) is 4.03. The van der Waals surface area contributed by atoms with Gasteiger partial charge in [-0.1, -0.05) is 94.2 Å². The van der Waals surface area contributed by atoms with Crippen molar-refractivity contribution >= 4 is 40.5 Å². The van der Waals surface area contributed by atoms with E-state index >= 15 is 0 Å². The summed E-state index contributed by atoms with van der Waals surface area (Å²) < 4.78 is 2.34. The lowest BCUT2D eigenvalue weighted by Crippen LogP contribution is -2.09. The number of aryl methyl sites for hydroxylation is 2. The molecule has 1 aromatic heterocycles. The summed E-state index contributed by atoms with van der Waals surface area (Å²) in [5.74, 6) is -0.472. The minimum absolute atomic E-state index is 0.472. The maximum atomic E-state index is 12.7. The first kappa shape index (κ1) is 27.8. The van der Waals surface area contributed by atoms with Crippen LogP contribution in [0.4, 0.5) is 0 Å². The SMILES string of the molecule is Cc1ccc(SC2=C(/C=N\OC(=O)c3cccc(C)c3)CCc3c2cc(-c2ccccc2)n3-c2ccc(Cl)cc2)cc1. The number of carbonyl (C=O) groups is 1. The molecule has 0 atom stereocenters. The number of rotatable bonds is 7. The van der Waals surface area contributed by atoms with Crippen molar-refractivity contribution in [2.45, 2.75) is 31.6 Å². The van der Waals surface area contributed by atoms with Crippen LogP contribution in [0.2, 0.25) is 5.02 Å². The molecule has 0 radical (unpaired) electrons. The Morgan fingerprint density at radius 3 is 2.36 bits per heavy atom. The van der Waals surface area contributed by atoms with Crippen molar-refractivity contribution in [3.63, 3.8) is 0 Å². The van der Waals surface area contributed by atoms with Crippen molar-refractivity contribution in [2.75, 3.05) is 0 Å². The van der Waals surface area contributed by atoms with E-state index in [0.717, 1.165) is 56.3 Å². The summed E-state index contributed by atoms with van der Waals surface area (Å²) in [5.41, 5.74) is 9.37. The van der Waals surface area contributed by atoms with Gasteiger partial charge < -0.3 is 9.40 Å². The first-order chi connectivity index (χ1) is 20.5. The molecule has 1 aliphatic carbocycles. The van der Waals surface area contributed by atoms with E-state index in [1.54, 1.807) is 30.1 Å². The lowest BCUT2D eigenvalue weighted by atomic mass is 9.97. The number of halogens is 1. The van der Waals surface area contributed by atoms with Crippen molar-refractivity contribution in [2.24, 2.45) is 5.16 Å². The zero-order valence-corrected chi connectivity index (χ0v) is 25.0. The molecule has 0 bridgehead atoms. The molecule has 1 heterocycles. The second-order valence-electron chi connectivity index (χ2n) is 10.3. The molecular weight excluding hydrogens is 560 g/mol. The molecule has 6 heteroatoms. The van der Waals surface area contributed by atoms with Gasteiger partial charge in [-0.25, -0.2) is 4.79 Å². The van der Waals surface area contributed by atoms with Gasteiger partial charge in [0, 0.05) is 31.8 Å². The highest BCUT2D eigenvalue weighted by atomic mass is 35.5. The molecule has 5 aromatic rings. The van der Waals surface area contributed by atoms with Crippen LogP contribution < -0.4 is 0 Å². The third kappa shape index (κ3) is 5.98. The van der Waals surface area contributed by atoms with Gasteiger partial charge >= 0.3 is 5.97 Å². The van der Waals surface area contributed by atoms with Crippen molar-refractivity contribution in [1.29, 1.82) is 0 Å². The fourth-order valence-electron chi connectivity index (χ4n) is 5.17. The van der Waals surface area contributed by atoms with Gasteiger partial charge in [-0.3, -0.25) is 0 Å². The van der Waals surface area contributed by atoms with Gasteiger partial charge in [-0.05, 0) is 92.4 Å². The number of oxime groups is 1. The molecule has 0 saturated carbocycles. The molecule has 4 aromatic carbocycles. The molecule has 42 heavy (non-hydrogen) atoms. The van der Waals surface area contributed by atoms with Gasteiger partial charge in [-0.15, -0.1) is 0 Å². The fraction of sp³-hybridized carbons (Fsp3) is 0.111. The third-order valence-electron chi connectivity index (χ3n) is 7.26. The van der Waals surface area contributed by atoms with E-state index in [1.165, 1.54) is 11.3 Å². The molecule has 0 amide bonds. The summed E-state index contributed by atoms with van der Waals surface area (Å²) in [5, 5.41) is 4.87. The third-order valence-corrected chi connectivity index (χ3v) is 8.71. The quantitative estimate of drug-likeness (QED) is 0.108. The molecule has 0 aliphatic heterocycles. The van der Waals surface area contributed by atoms with Crippen molar-refractivity contribution in [3.8, 4) is 16.9 Å². The fourth-order valence-corrected chi connectivity index (χ4v) is 6.38. The van der Waals surface area contributed by atoms with Gasteiger partial charge in [0.1, 0.15) is 0 Å². The molecule has 0 unspecified atom stereocenters. The maximum absolute atomic E-state index is 12.7. The average molecular weight is 589 g/mol. The molecule has 0 fully saturated rings. The lowest BCUT2D eigenvalue weighted by Gasteiger charge is -2.21. The molecule has 6 rings (SSSR count). The molecule has 0 N–H and O–H groups in total. The van der Waals surface area contributed by atoms with Gasteiger partial charge in [0.25, 0.3) is 0 Å². The average Bonchev–Trinajstić information content (AvgIpc) is 3.40. The highest BCUT2D eigenvalue weighted by Gasteiger charge is 2.26. The predicted molar refractivity (Wildman–Crippen MR) is 174 cm³/mol. The molecule has 0 spiro atoms. The minimum Gasteiger partial charge on any atom is -0.313 e. The number of aromatic nitrogens is 1. The summed E-state index contributed by atoms with van der Waals surface area (Å²) >= 11 is 7.97. The second kappa shape index (κ2) is 12.3. The van der Waals surface area contributed by atoms with Crippen LogP contribution in [0.5, 0.6) is 0 Å². The van der Waals surface area contributed by atoms with E-state index < -0.39 is 5.97 Å². The van der Waals surface area contributed by atoms with Gasteiger partial charge in [-0.2, -0.15) is 0 Å². The smallest absolute Gasteiger partial charge is 0.313 e. The number of nitrogens with zero attached hydrogens (tertiary/aromatic N) is 2. The first-order valence-corrected chi connectivity index (χ1v) is 15.0. The first-order valence-electron chi connectivity index (χ1n) is 13.8. The van der Waals surface area contributed by atoms with E-state index in [0.29, 0.717) is 10.6 Å². The number of fused-ring (bicyclic) bond motifs is 1. The zero-order valence-electron chi connectivity index (χ0n) is 23.4. The van der Waals surface area contributed by atoms with Gasteiger partial charge in [0.2, 0.25) is 0 Å². The summed E-state index contributed by atoms with van der Waals surface area (Å²) in [6, 6.07) is 36.5. The van der Waals surface area contributed by atoms with Crippen LogP contribution in [-0.4, -0.2) is 16.8 Å². The van der Waals surface area contributed by atoms with Crippen LogP contribution in [0.15, 0.2) is 125 Å². The normalized spacial score (nSPS) is 12.9. The van der Waals surface area contributed by atoms with Crippen LogP contribution in [0.1, 0.15) is 39.2 Å². The Labute approximate surface area is 255 Å². The number of allylic oxidation sites excluding steroid dienone is 1. The van der Waals surface area contributed by atoms with Crippen molar-refractivity contribution in [1.82, 2.24) is 4.57 Å². The Morgan fingerprint density at radius 2 is 1.62 bits per heavy atom. The zero-order chi connectivity index (χ0) is 29.1. The Bertz CT molecular complexity index is 1800. The topological polar surface area (TPSA) is 43.6 Å². The summed E-state index contributed by atoms with van der Waals surface area (Å²) in [7, 11) is 0. The van der Waals surface area contributed by atoms with E-state index in [-0.39, 0.29) is 0 Å². The van der Waals surface area contributed by atoms with E-state index in [9.17, 15) is 4.79 Å². The largest absolute Gasteiger partial charge is 0.365 e. The molecular formula is C36H29ClN2O2S. The highest BCUT2D eigenvalue weighted by Crippen LogP contribution is 2.45. The number of hydrogen-bond donors (Lipinski definition) is 0. The Balaban J connectivity index is 1.45. The predicted octanol–water partition coefficient (Wildman–Crippen LogP) is 9.71. The Kier molecular flexibility index (Phi) is 8.13. The number of benzene rings is 4. The maximum Gasteiger partial charge on any atom is 0.365 e. The molecule has 208 valence electrons. The lowest BCUT2D eigenvalue weighted by molar-refractivity contribution is 0.0519. The number of thioether (sulfide) groups is 1. The summed E-state index contributed by atoms with van der Waals surface area (Å²) in [4.78, 5) is 20.2. The van der Waals surface area contributed by atoms with E-state index in [1.807, 2.05) is 37.3 Å². The minimum atomic E-state index is -0.472. The number of hydrogen-bond acceptors (Lipinski definition) is 4. The number of carbonyl (C=O) groups excluding carboxylic acids is 1. The van der Waals surface area contributed by atoms with Crippen LogP contribution in [0, 0.1) is 13.8 Å². The molecule has 1 aliphatic rings. The molecule has 0 saturated heterocycles. The van der Waals surface area contributed by atoms with Crippen LogP contribution >= 0.6 is 23.4 Å². The van der Waals surface area contributed by atoms with Crippen LogP contribution in [-0.2, 0) is 11.3 Å². The standard InChI is InChI=1S/C36H29ClN2O2S/c1-24-11-18-31(19-12-24)42-35-28(23-38-41-36(40)27-10-6-7-25(2)21-27)13-20-33-32(35)22-34(26-8-4-3-5-9-26)39(33)30-16-14-29(37)15-17-30/h3-12,14-19,21-23H,13,20H2,1-2H3/b38-23-. The second-order valence-corrected chi connectivity index (χ2v) is 11.8. The van der Waals surface area contributed by atoms with Gasteiger partial charge in [0.15, 0.2) is 0 Å². The van der Waals surface area contributed by atoms with Gasteiger partial charge in [0.05, 0.1) is 17.5 Å². The highest BCUT2D eigenvalue weighted by molar-refractivity contribution is 8.08. The Morgan fingerprint density at radius 1 is 0.857 bits per heavy atom. The molecule has 4 nitrogen and oxygen atoms in total. The van der Waals surface area contributed by atoms with Crippen molar-refractivity contribution < 1.29 is 9.63 Å². The van der Waals surface area contributed by atoms with Crippen molar-refractivity contribution in [3.05, 3.63) is 148 Å².